The summed E-state index contributed by atoms with van der Waals surface area (Å²) in [6, 6.07) is 2.74. The van der Waals surface area contributed by atoms with E-state index in [0.717, 1.165) is 13.0 Å². The summed E-state index contributed by atoms with van der Waals surface area (Å²) in [7, 11) is 0. The average Bonchev–Trinajstić information content (AvgIpc) is 2.74. The number of rotatable bonds is 4. The smallest absolute Gasteiger partial charge is 0.0489 e. The Labute approximate surface area is 101 Å². The molecule has 1 saturated carbocycles. The molecule has 1 aliphatic carbocycles. The third kappa shape index (κ3) is 3.47. The Morgan fingerprint density at radius 3 is 3.00 bits per heavy atom. The molecule has 0 radical (unpaired) electrons. The largest absolute Gasteiger partial charge is 0.312 e. The first-order valence-electron chi connectivity index (χ1n) is 5.75. The molecule has 0 amide bonds. The van der Waals surface area contributed by atoms with Gasteiger partial charge in [0.1, 0.15) is 0 Å². The van der Waals surface area contributed by atoms with Crippen molar-refractivity contribution in [1.82, 2.24) is 5.32 Å². The van der Waals surface area contributed by atoms with E-state index in [1.54, 1.807) is 11.3 Å². The SMILES string of the molecule is ClC1CCCCC1NCCc1ccsc1. The molecule has 0 aliphatic heterocycles. The van der Waals surface area contributed by atoms with Crippen LogP contribution < -0.4 is 5.32 Å². The molecule has 1 heterocycles. The minimum atomic E-state index is 0.348. The highest BCUT2D eigenvalue weighted by Crippen LogP contribution is 2.22. The average molecular weight is 244 g/mol. The van der Waals surface area contributed by atoms with Crippen molar-refractivity contribution >= 4 is 22.9 Å². The van der Waals surface area contributed by atoms with E-state index in [1.807, 2.05) is 0 Å². The van der Waals surface area contributed by atoms with Gasteiger partial charge in [0.05, 0.1) is 0 Å². The highest BCUT2D eigenvalue weighted by Gasteiger charge is 2.21. The highest BCUT2D eigenvalue weighted by atomic mass is 35.5. The molecule has 1 aromatic heterocycles. The van der Waals surface area contributed by atoms with Crippen LogP contribution in [0, 0.1) is 0 Å². The van der Waals surface area contributed by atoms with E-state index in [-0.39, 0.29) is 0 Å². The van der Waals surface area contributed by atoms with Crippen LogP contribution in [0.3, 0.4) is 0 Å². The van der Waals surface area contributed by atoms with Crippen LogP contribution in [-0.2, 0) is 6.42 Å². The summed E-state index contributed by atoms with van der Waals surface area (Å²) in [5.41, 5.74) is 1.44. The van der Waals surface area contributed by atoms with Gasteiger partial charge in [-0.3, -0.25) is 0 Å². The zero-order valence-corrected chi connectivity index (χ0v) is 10.5. The maximum absolute atomic E-state index is 6.28. The molecule has 1 aromatic rings. The molecule has 0 bridgehead atoms. The van der Waals surface area contributed by atoms with Gasteiger partial charge in [-0.05, 0) is 48.2 Å². The number of alkyl halides is 1. The maximum atomic E-state index is 6.28. The number of hydrogen-bond acceptors (Lipinski definition) is 2. The molecule has 1 aliphatic rings. The number of thiophene rings is 1. The Morgan fingerprint density at radius 2 is 2.27 bits per heavy atom. The molecular weight excluding hydrogens is 226 g/mol. The van der Waals surface area contributed by atoms with Crippen molar-refractivity contribution < 1.29 is 0 Å². The van der Waals surface area contributed by atoms with E-state index in [0.29, 0.717) is 11.4 Å². The van der Waals surface area contributed by atoms with E-state index in [2.05, 4.69) is 22.1 Å². The van der Waals surface area contributed by atoms with Crippen LogP contribution in [0.4, 0.5) is 0 Å². The summed E-state index contributed by atoms with van der Waals surface area (Å²) in [5.74, 6) is 0. The van der Waals surface area contributed by atoms with Crippen LogP contribution in [0.1, 0.15) is 31.2 Å². The standard InChI is InChI=1S/C12H18ClNS/c13-11-3-1-2-4-12(11)14-7-5-10-6-8-15-9-10/h6,8-9,11-12,14H,1-5,7H2. The highest BCUT2D eigenvalue weighted by molar-refractivity contribution is 7.07. The van der Waals surface area contributed by atoms with E-state index >= 15 is 0 Å². The Balaban J connectivity index is 1.68. The van der Waals surface area contributed by atoms with Crippen molar-refractivity contribution in [2.75, 3.05) is 6.54 Å². The molecule has 1 fully saturated rings. The monoisotopic (exact) mass is 243 g/mol. The first kappa shape index (κ1) is 11.4. The molecule has 0 aromatic carbocycles. The second-order valence-corrected chi connectivity index (χ2v) is 5.58. The summed E-state index contributed by atoms with van der Waals surface area (Å²) >= 11 is 8.06. The quantitative estimate of drug-likeness (QED) is 0.799. The predicted molar refractivity (Wildman–Crippen MR) is 67.9 cm³/mol. The Bertz CT molecular complexity index is 273. The van der Waals surface area contributed by atoms with Crippen molar-refractivity contribution in [3.63, 3.8) is 0 Å². The van der Waals surface area contributed by atoms with Gasteiger partial charge in [0.15, 0.2) is 0 Å². The molecular formula is C12H18ClNS. The van der Waals surface area contributed by atoms with Gasteiger partial charge in [-0.25, -0.2) is 0 Å². The minimum Gasteiger partial charge on any atom is -0.312 e. The zero-order chi connectivity index (χ0) is 10.5. The van der Waals surface area contributed by atoms with E-state index in [4.69, 9.17) is 11.6 Å². The minimum absolute atomic E-state index is 0.348. The van der Waals surface area contributed by atoms with Gasteiger partial charge in [0.2, 0.25) is 0 Å². The molecule has 84 valence electrons. The van der Waals surface area contributed by atoms with E-state index in [1.165, 1.54) is 31.2 Å². The van der Waals surface area contributed by atoms with E-state index in [9.17, 15) is 0 Å². The lowest BCUT2D eigenvalue weighted by molar-refractivity contribution is 0.382. The normalized spacial score (nSPS) is 26.7. The summed E-state index contributed by atoms with van der Waals surface area (Å²) in [5, 5.41) is 8.29. The van der Waals surface area contributed by atoms with Gasteiger partial charge in [-0.2, -0.15) is 11.3 Å². The molecule has 0 spiro atoms. The van der Waals surface area contributed by atoms with Gasteiger partial charge >= 0.3 is 0 Å². The Morgan fingerprint density at radius 1 is 1.40 bits per heavy atom. The molecule has 2 atom stereocenters. The van der Waals surface area contributed by atoms with Crippen LogP contribution in [-0.4, -0.2) is 18.0 Å². The molecule has 3 heteroatoms. The van der Waals surface area contributed by atoms with Crippen molar-refractivity contribution in [1.29, 1.82) is 0 Å². The second kappa shape index (κ2) is 5.88. The number of hydrogen-bond donors (Lipinski definition) is 1. The molecule has 15 heavy (non-hydrogen) atoms. The van der Waals surface area contributed by atoms with Crippen LogP contribution in [0.5, 0.6) is 0 Å². The van der Waals surface area contributed by atoms with Gasteiger partial charge in [0.25, 0.3) is 0 Å². The summed E-state index contributed by atoms with van der Waals surface area (Å²) in [6.45, 7) is 1.06. The Kier molecular flexibility index (Phi) is 4.48. The topological polar surface area (TPSA) is 12.0 Å². The predicted octanol–water partition coefficient (Wildman–Crippen LogP) is 3.43. The third-order valence-electron chi connectivity index (χ3n) is 3.08. The van der Waals surface area contributed by atoms with Crippen molar-refractivity contribution in [3.8, 4) is 0 Å². The van der Waals surface area contributed by atoms with E-state index < -0.39 is 0 Å². The second-order valence-electron chi connectivity index (χ2n) is 4.24. The fourth-order valence-corrected chi connectivity index (χ4v) is 3.22. The van der Waals surface area contributed by atoms with Gasteiger partial charge < -0.3 is 5.32 Å². The van der Waals surface area contributed by atoms with Crippen LogP contribution in [0.25, 0.3) is 0 Å². The molecule has 2 rings (SSSR count). The van der Waals surface area contributed by atoms with Crippen molar-refractivity contribution in [3.05, 3.63) is 22.4 Å². The molecule has 0 saturated heterocycles. The Hall–Kier alpha value is -0.0500. The summed E-state index contributed by atoms with van der Waals surface area (Å²) in [4.78, 5) is 0. The van der Waals surface area contributed by atoms with Crippen LogP contribution in [0.15, 0.2) is 16.8 Å². The third-order valence-corrected chi connectivity index (χ3v) is 4.34. The van der Waals surface area contributed by atoms with Gasteiger partial charge in [-0.15, -0.1) is 11.6 Å². The van der Waals surface area contributed by atoms with Gasteiger partial charge in [-0.1, -0.05) is 12.8 Å². The summed E-state index contributed by atoms with van der Waals surface area (Å²) in [6.07, 6.45) is 6.19. The maximum Gasteiger partial charge on any atom is 0.0489 e. The fraction of sp³-hybridized carbons (Fsp3) is 0.667. The van der Waals surface area contributed by atoms with Crippen LogP contribution in [0.2, 0.25) is 0 Å². The summed E-state index contributed by atoms with van der Waals surface area (Å²) < 4.78 is 0. The molecule has 2 unspecified atom stereocenters. The first-order valence-corrected chi connectivity index (χ1v) is 7.13. The fourth-order valence-electron chi connectivity index (χ4n) is 2.15. The van der Waals surface area contributed by atoms with Crippen LogP contribution >= 0.6 is 22.9 Å². The lowest BCUT2D eigenvalue weighted by atomic mass is 9.95. The number of nitrogens with one attached hydrogen (secondary N) is 1. The molecule has 1 N–H and O–H groups in total. The van der Waals surface area contributed by atoms with Gasteiger partial charge in [0, 0.05) is 11.4 Å². The van der Waals surface area contributed by atoms with Crippen molar-refractivity contribution in [2.24, 2.45) is 0 Å². The van der Waals surface area contributed by atoms with Crippen molar-refractivity contribution in [2.45, 2.75) is 43.5 Å². The zero-order valence-electron chi connectivity index (χ0n) is 8.92. The molecule has 1 nitrogen and oxygen atoms in total. The lowest BCUT2D eigenvalue weighted by Gasteiger charge is -2.27. The lowest BCUT2D eigenvalue weighted by Crippen LogP contribution is -2.40. The first-order chi connectivity index (χ1) is 7.36. The number of halogens is 1.